The van der Waals surface area contributed by atoms with Crippen molar-refractivity contribution < 1.29 is 9.66 Å². The van der Waals surface area contributed by atoms with Gasteiger partial charge in [-0.3, -0.25) is 10.1 Å². The van der Waals surface area contributed by atoms with Gasteiger partial charge in [0.15, 0.2) is 0 Å². The summed E-state index contributed by atoms with van der Waals surface area (Å²) < 4.78 is 5.41. The molecule has 0 spiro atoms. The highest BCUT2D eigenvalue weighted by molar-refractivity contribution is 5.35. The maximum absolute atomic E-state index is 10.4. The summed E-state index contributed by atoms with van der Waals surface area (Å²) in [4.78, 5) is 9.97. The van der Waals surface area contributed by atoms with Crippen LogP contribution in [0, 0.1) is 10.1 Å². The van der Waals surface area contributed by atoms with Gasteiger partial charge in [-0.2, -0.15) is 0 Å². The van der Waals surface area contributed by atoms with Crippen LogP contribution in [-0.2, 0) is 0 Å². The van der Waals surface area contributed by atoms with Crippen molar-refractivity contribution in [3.8, 4) is 5.75 Å². The summed E-state index contributed by atoms with van der Waals surface area (Å²) in [5, 5.41) is 10.4. The van der Waals surface area contributed by atoms with Crippen molar-refractivity contribution in [2.45, 2.75) is 25.8 Å². The van der Waals surface area contributed by atoms with E-state index in [1.54, 1.807) is 12.1 Å². The number of hydrogen-bond donors (Lipinski definition) is 1. The molecule has 0 atom stereocenters. The molecule has 5 nitrogen and oxygen atoms in total. The summed E-state index contributed by atoms with van der Waals surface area (Å²) in [5.74, 6) is 0.620. The van der Waals surface area contributed by atoms with Crippen molar-refractivity contribution in [3.63, 3.8) is 0 Å². The van der Waals surface area contributed by atoms with Gasteiger partial charge in [0.2, 0.25) is 0 Å². The summed E-state index contributed by atoms with van der Waals surface area (Å²) in [6, 6.07) is 6.01. The first-order chi connectivity index (χ1) is 7.38. The Morgan fingerprint density at radius 2 is 1.94 bits per heavy atom. The first-order valence-electron chi connectivity index (χ1n) is 5.05. The largest absolute Gasteiger partial charge is 0.494 e. The van der Waals surface area contributed by atoms with E-state index in [1.165, 1.54) is 12.1 Å². The highest BCUT2D eigenvalue weighted by atomic mass is 16.6. The molecule has 0 aliphatic rings. The molecule has 0 saturated heterocycles. The van der Waals surface area contributed by atoms with Crippen LogP contribution < -0.4 is 10.5 Å². The number of hydrogen-bond acceptors (Lipinski definition) is 4. The lowest BCUT2D eigenvalue weighted by atomic mass is 10.0. The predicted molar refractivity (Wildman–Crippen MR) is 61.5 cm³/mol. The van der Waals surface area contributed by atoms with Gasteiger partial charge in [0.1, 0.15) is 5.75 Å². The van der Waals surface area contributed by atoms with Crippen LogP contribution in [0.5, 0.6) is 5.75 Å². The fraction of sp³-hybridized carbons (Fsp3) is 0.455. The van der Waals surface area contributed by atoms with E-state index in [4.69, 9.17) is 10.5 Å². The maximum atomic E-state index is 10.4. The van der Waals surface area contributed by atoms with Crippen molar-refractivity contribution in [2.75, 3.05) is 6.61 Å². The second-order valence-corrected chi connectivity index (χ2v) is 4.34. The molecule has 0 aliphatic heterocycles. The summed E-state index contributed by atoms with van der Waals surface area (Å²) >= 11 is 0. The lowest BCUT2D eigenvalue weighted by molar-refractivity contribution is -0.384. The van der Waals surface area contributed by atoms with Crippen LogP contribution in [0.4, 0.5) is 5.69 Å². The molecular weight excluding hydrogens is 208 g/mol. The van der Waals surface area contributed by atoms with Crippen LogP contribution in [0.3, 0.4) is 0 Å². The van der Waals surface area contributed by atoms with E-state index in [9.17, 15) is 10.1 Å². The van der Waals surface area contributed by atoms with Crippen molar-refractivity contribution in [2.24, 2.45) is 5.73 Å². The van der Waals surface area contributed by atoms with E-state index in [-0.39, 0.29) is 11.2 Å². The number of nitro groups is 1. The number of benzene rings is 1. The first-order valence-corrected chi connectivity index (χ1v) is 5.05. The molecule has 1 rings (SSSR count). The topological polar surface area (TPSA) is 78.4 Å². The quantitative estimate of drug-likeness (QED) is 0.613. The Hall–Kier alpha value is -1.62. The minimum atomic E-state index is -0.438. The standard InChI is InChI=1S/C11H16N2O3/c1-11(2,12)7-8-16-10-5-3-9(4-6-10)13(14)15/h3-6H,7-8,12H2,1-2H3. The molecule has 16 heavy (non-hydrogen) atoms. The molecule has 0 unspecified atom stereocenters. The molecule has 2 N–H and O–H groups in total. The van der Waals surface area contributed by atoms with Gasteiger partial charge in [0.05, 0.1) is 11.5 Å². The number of nitro benzene ring substituents is 1. The highest BCUT2D eigenvalue weighted by Crippen LogP contribution is 2.17. The average molecular weight is 224 g/mol. The SMILES string of the molecule is CC(C)(N)CCOc1ccc([N+](=O)[O-])cc1. The Morgan fingerprint density at radius 1 is 1.38 bits per heavy atom. The number of ether oxygens (including phenoxy) is 1. The Kier molecular flexibility index (Phi) is 3.84. The normalized spacial score (nSPS) is 11.2. The minimum absolute atomic E-state index is 0.0616. The Labute approximate surface area is 94.4 Å². The van der Waals surface area contributed by atoms with E-state index in [2.05, 4.69) is 0 Å². The van der Waals surface area contributed by atoms with Crippen LogP contribution in [0.2, 0.25) is 0 Å². The predicted octanol–water partition coefficient (Wildman–Crippen LogP) is 2.10. The van der Waals surface area contributed by atoms with Crippen molar-refractivity contribution in [1.82, 2.24) is 0 Å². The molecular formula is C11H16N2O3. The number of rotatable bonds is 5. The summed E-state index contributed by atoms with van der Waals surface area (Å²) in [6.45, 7) is 4.35. The molecule has 0 saturated carbocycles. The third-order valence-electron chi connectivity index (χ3n) is 2.06. The van der Waals surface area contributed by atoms with E-state index in [0.717, 1.165) is 6.42 Å². The Morgan fingerprint density at radius 3 is 2.38 bits per heavy atom. The van der Waals surface area contributed by atoms with E-state index >= 15 is 0 Å². The maximum Gasteiger partial charge on any atom is 0.269 e. The summed E-state index contributed by atoms with van der Waals surface area (Å²) in [5.41, 5.74) is 5.59. The van der Waals surface area contributed by atoms with Gasteiger partial charge in [-0.25, -0.2) is 0 Å². The zero-order chi connectivity index (χ0) is 12.2. The fourth-order valence-electron chi connectivity index (χ4n) is 1.10. The molecule has 5 heteroatoms. The highest BCUT2D eigenvalue weighted by Gasteiger charge is 2.10. The van der Waals surface area contributed by atoms with Gasteiger partial charge in [-0.05, 0) is 32.4 Å². The second kappa shape index (κ2) is 4.94. The number of non-ortho nitro benzene ring substituents is 1. The van der Waals surface area contributed by atoms with Crippen LogP contribution >= 0.6 is 0 Å². The Balaban J connectivity index is 2.47. The minimum Gasteiger partial charge on any atom is -0.494 e. The summed E-state index contributed by atoms with van der Waals surface area (Å²) in [7, 11) is 0. The smallest absolute Gasteiger partial charge is 0.269 e. The van der Waals surface area contributed by atoms with Crippen LogP contribution in [0.25, 0.3) is 0 Å². The van der Waals surface area contributed by atoms with Crippen LogP contribution in [0.15, 0.2) is 24.3 Å². The van der Waals surface area contributed by atoms with Gasteiger partial charge in [0.25, 0.3) is 5.69 Å². The molecule has 0 aromatic heterocycles. The molecule has 1 aromatic carbocycles. The van der Waals surface area contributed by atoms with Gasteiger partial charge in [-0.1, -0.05) is 0 Å². The molecule has 1 aromatic rings. The third kappa shape index (κ3) is 4.27. The van der Waals surface area contributed by atoms with E-state index in [1.807, 2.05) is 13.8 Å². The van der Waals surface area contributed by atoms with Crippen molar-refractivity contribution in [3.05, 3.63) is 34.4 Å². The van der Waals surface area contributed by atoms with Gasteiger partial charge in [0, 0.05) is 17.7 Å². The molecule has 0 aliphatic carbocycles. The second-order valence-electron chi connectivity index (χ2n) is 4.34. The van der Waals surface area contributed by atoms with Gasteiger partial charge >= 0.3 is 0 Å². The van der Waals surface area contributed by atoms with Gasteiger partial charge in [-0.15, -0.1) is 0 Å². The lowest BCUT2D eigenvalue weighted by Crippen LogP contribution is -2.33. The molecule has 88 valence electrons. The first kappa shape index (κ1) is 12.4. The van der Waals surface area contributed by atoms with Crippen LogP contribution in [0.1, 0.15) is 20.3 Å². The Bertz CT molecular complexity index is 354. The molecule has 0 heterocycles. The van der Waals surface area contributed by atoms with Crippen molar-refractivity contribution >= 4 is 5.69 Å². The van der Waals surface area contributed by atoms with Gasteiger partial charge < -0.3 is 10.5 Å². The molecule has 0 bridgehead atoms. The molecule has 0 radical (unpaired) electrons. The third-order valence-corrected chi connectivity index (χ3v) is 2.06. The number of nitrogens with zero attached hydrogens (tertiary/aromatic N) is 1. The zero-order valence-corrected chi connectivity index (χ0v) is 9.47. The molecule has 0 amide bonds. The molecule has 0 fully saturated rings. The van der Waals surface area contributed by atoms with E-state index < -0.39 is 4.92 Å². The number of nitrogens with two attached hydrogens (primary N) is 1. The van der Waals surface area contributed by atoms with Crippen LogP contribution in [-0.4, -0.2) is 17.1 Å². The zero-order valence-electron chi connectivity index (χ0n) is 9.47. The summed E-state index contributed by atoms with van der Waals surface area (Å²) in [6.07, 6.45) is 0.726. The monoisotopic (exact) mass is 224 g/mol. The average Bonchev–Trinajstić information content (AvgIpc) is 2.16. The van der Waals surface area contributed by atoms with E-state index in [0.29, 0.717) is 12.4 Å². The van der Waals surface area contributed by atoms with Crippen molar-refractivity contribution in [1.29, 1.82) is 0 Å². The fourth-order valence-corrected chi connectivity index (χ4v) is 1.10. The lowest BCUT2D eigenvalue weighted by Gasteiger charge is -2.18.